The van der Waals surface area contributed by atoms with Crippen molar-refractivity contribution in [2.45, 2.75) is 11.8 Å². The number of aryl methyl sites for hydroxylation is 1. The maximum atomic E-state index is 13.1. The van der Waals surface area contributed by atoms with Gasteiger partial charge in [-0.15, -0.1) is 0 Å². The monoisotopic (exact) mass is 414 g/mol. The molecule has 2 aromatic carbocycles. The molecule has 0 saturated carbocycles. The van der Waals surface area contributed by atoms with Crippen molar-refractivity contribution in [1.82, 2.24) is 4.72 Å². The van der Waals surface area contributed by atoms with Crippen LogP contribution in [0.15, 0.2) is 47.4 Å². The molecule has 2 N–H and O–H groups in total. The Morgan fingerprint density at radius 3 is 2.59 bits per heavy atom. The zero-order chi connectivity index (χ0) is 20.0. The Morgan fingerprint density at radius 1 is 1.19 bits per heavy atom. The summed E-state index contributed by atoms with van der Waals surface area (Å²) in [6.07, 6.45) is 0. The van der Waals surface area contributed by atoms with Crippen molar-refractivity contribution in [3.63, 3.8) is 0 Å². The van der Waals surface area contributed by atoms with Crippen molar-refractivity contribution >= 4 is 39.2 Å². The van der Waals surface area contributed by atoms with E-state index in [0.29, 0.717) is 10.7 Å². The number of ether oxygens (including phenoxy) is 1. The molecule has 0 radical (unpaired) electrons. The molecule has 0 atom stereocenters. The summed E-state index contributed by atoms with van der Waals surface area (Å²) in [6.45, 7) is 0.448. The van der Waals surface area contributed by atoms with Gasteiger partial charge in [-0.2, -0.15) is 4.72 Å². The molecule has 0 aliphatic carbocycles. The van der Waals surface area contributed by atoms with Crippen LogP contribution in [0, 0.1) is 12.7 Å². The maximum Gasteiger partial charge on any atom is 0.321 e. The number of anilines is 1. The number of rotatable bonds is 7. The minimum atomic E-state index is -4.08. The highest BCUT2D eigenvalue weighted by molar-refractivity contribution is 7.89. The van der Waals surface area contributed by atoms with Crippen LogP contribution in [0.25, 0.3) is 0 Å². The number of benzene rings is 2. The Balaban J connectivity index is 1.82. The van der Waals surface area contributed by atoms with Crippen molar-refractivity contribution in [1.29, 1.82) is 0 Å². The average molecular weight is 415 g/mol. The van der Waals surface area contributed by atoms with Crippen molar-refractivity contribution < 1.29 is 27.1 Å². The fourth-order valence-corrected chi connectivity index (χ4v) is 3.25. The Kier molecular flexibility index (Phi) is 6.89. The molecule has 0 heterocycles. The first kappa shape index (κ1) is 20.8. The van der Waals surface area contributed by atoms with Crippen molar-refractivity contribution in [3.05, 3.63) is 58.9 Å². The molecule has 10 heteroatoms. The van der Waals surface area contributed by atoms with Crippen LogP contribution in [0.4, 0.5) is 10.1 Å². The van der Waals surface area contributed by atoms with Gasteiger partial charge in [0.15, 0.2) is 6.61 Å². The zero-order valence-corrected chi connectivity index (χ0v) is 15.7. The summed E-state index contributed by atoms with van der Waals surface area (Å²) in [4.78, 5) is 23.1. The number of esters is 1. The lowest BCUT2D eigenvalue weighted by atomic mass is 10.2. The first-order valence-corrected chi connectivity index (χ1v) is 9.50. The van der Waals surface area contributed by atoms with E-state index < -0.39 is 40.9 Å². The molecule has 0 unspecified atom stereocenters. The molecular weight excluding hydrogens is 399 g/mol. The van der Waals surface area contributed by atoms with Crippen molar-refractivity contribution in [2.24, 2.45) is 0 Å². The second kappa shape index (κ2) is 8.94. The minimum Gasteiger partial charge on any atom is -0.455 e. The van der Waals surface area contributed by atoms with Gasteiger partial charge >= 0.3 is 5.97 Å². The molecule has 7 nitrogen and oxygen atoms in total. The van der Waals surface area contributed by atoms with E-state index in [-0.39, 0.29) is 4.90 Å². The summed E-state index contributed by atoms with van der Waals surface area (Å²) >= 11 is 5.82. The van der Waals surface area contributed by atoms with Gasteiger partial charge in [0.25, 0.3) is 5.91 Å². The average Bonchev–Trinajstić information content (AvgIpc) is 2.61. The largest absolute Gasteiger partial charge is 0.455 e. The summed E-state index contributed by atoms with van der Waals surface area (Å²) in [5.41, 5.74) is 1.23. The van der Waals surface area contributed by atoms with Gasteiger partial charge in [-0.1, -0.05) is 17.7 Å². The van der Waals surface area contributed by atoms with Crippen molar-refractivity contribution in [3.8, 4) is 0 Å². The Hall–Kier alpha value is -2.49. The lowest BCUT2D eigenvalue weighted by Crippen LogP contribution is -2.32. The Bertz CT molecular complexity index is 966. The van der Waals surface area contributed by atoms with E-state index in [1.807, 2.05) is 4.72 Å². The first-order valence-electron chi connectivity index (χ1n) is 7.64. The second-order valence-electron chi connectivity index (χ2n) is 5.45. The minimum absolute atomic E-state index is 0.328. The van der Waals surface area contributed by atoms with Gasteiger partial charge in [-0.3, -0.25) is 9.59 Å². The van der Waals surface area contributed by atoms with Gasteiger partial charge in [-0.05, 0) is 48.9 Å². The van der Waals surface area contributed by atoms with Crippen LogP contribution < -0.4 is 10.0 Å². The van der Waals surface area contributed by atoms with E-state index in [2.05, 4.69) is 5.32 Å². The summed E-state index contributed by atoms with van der Waals surface area (Å²) in [5.74, 6) is -2.28. The molecule has 0 saturated heterocycles. The number of nitrogens with one attached hydrogen (secondary N) is 2. The number of sulfonamides is 1. The van der Waals surface area contributed by atoms with Crippen LogP contribution in [0.1, 0.15) is 5.56 Å². The molecule has 0 bridgehead atoms. The van der Waals surface area contributed by atoms with Gasteiger partial charge in [0, 0.05) is 10.7 Å². The molecule has 0 aliphatic heterocycles. The second-order valence-corrected chi connectivity index (χ2v) is 7.65. The topological polar surface area (TPSA) is 102 Å². The fourth-order valence-electron chi connectivity index (χ4n) is 2.02. The third-order valence-corrected chi connectivity index (χ3v) is 4.97. The van der Waals surface area contributed by atoms with Gasteiger partial charge < -0.3 is 10.1 Å². The van der Waals surface area contributed by atoms with Crippen LogP contribution in [-0.2, 0) is 24.3 Å². The lowest BCUT2D eigenvalue weighted by molar-refractivity contribution is -0.146. The summed E-state index contributed by atoms with van der Waals surface area (Å²) in [7, 11) is -4.08. The first-order chi connectivity index (χ1) is 12.7. The van der Waals surface area contributed by atoms with Crippen molar-refractivity contribution in [2.75, 3.05) is 18.5 Å². The highest BCUT2D eigenvalue weighted by Gasteiger charge is 2.17. The molecular formula is C17H16ClFN2O5S. The van der Waals surface area contributed by atoms with Gasteiger partial charge in [0.1, 0.15) is 12.4 Å². The van der Waals surface area contributed by atoms with E-state index in [1.54, 1.807) is 25.1 Å². The third-order valence-electron chi connectivity index (χ3n) is 3.34. The molecule has 2 aromatic rings. The fraction of sp³-hybridized carbons (Fsp3) is 0.176. The number of hydrogen-bond donors (Lipinski definition) is 2. The van der Waals surface area contributed by atoms with Gasteiger partial charge in [-0.25, -0.2) is 12.8 Å². The van der Waals surface area contributed by atoms with E-state index in [0.717, 1.165) is 17.7 Å². The molecule has 2 rings (SSSR count). The SMILES string of the molecule is Cc1cc(Cl)ccc1NC(=O)COC(=O)CNS(=O)(=O)c1cccc(F)c1. The number of hydrogen-bond acceptors (Lipinski definition) is 5. The van der Waals surface area contributed by atoms with Crippen LogP contribution >= 0.6 is 11.6 Å². The van der Waals surface area contributed by atoms with Crippen LogP contribution in [0.5, 0.6) is 0 Å². The van der Waals surface area contributed by atoms with Crippen LogP contribution in [-0.4, -0.2) is 33.4 Å². The zero-order valence-electron chi connectivity index (χ0n) is 14.2. The van der Waals surface area contributed by atoms with E-state index in [1.165, 1.54) is 12.1 Å². The normalized spacial score (nSPS) is 11.1. The van der Waals surface area contributed by atoms with E-state index in [4.69, 9.17) is 16.3 Å². The standard InChI is InChI=1S/C17H16ClFN2O5S/c1-11-7-12(18)5-6-15(11)21-16(22)10-26-17(23)9-20-27(24,25)14-4-2-3-13(19)8-14/h2-8,20H,9-10H2,1H3,(H,21,22). The Morgan fingerprint density at radius 2 is 1.93 bits per heavy atom. The van der Waals surface area contributed by atoms with E-state index in [9.17, 15) is 22.4 Å². The molecule has 0 aromatic heterocycles. The van der Waals surface area contributed by atoms with Crippen LogP contribution in [0.2, 0.25) is 5.02 Å². The lowest BCUT2D eigenvalue weighted by Gasteiger charge is -2.10. The summed E-state index contributed by atoms with van der Waals surface area (Å²) < 4.78 is 43.7. The van der Waals surface area contributed by atoms with Gasteiger partial charge in [0.2, 0.25) is 10.0 Å². The highest BCUT2D eigenvalue weighted by Crippen LogP contribution is 2.19. The van der Waals surface area contributed by atoms with Gasteiger partial charge in [0.05, 0.1) is 4.90 Å². The van der Waals surface area contributed by atoms with E-state index >= 15 is 0 Å². The molecule has 0 fully saturated rings. The summed E-state index contributed by atoms with van der Waals surface area (Å²) in [5, 5.41) is 3.06. The third kappa shape index (κ3) is 6.31. The quantitative estimate of drug-likeness (QED) is 0.676. The number of carbonyl (C=O) groups excluding carboxylic acids is 2. The molecule has 1 amide bonds. The Labute approximate surface area is 160 Å². The predicted molar refractivity (Wildman–Crippen MR) is 97.4 cm³/mol. The number of carbonyl (C=O) groups is 2. The highest BCUT2D eigenvalue weighted by atomic mass is 35.5. The smallest absolute Gasteiger partial charge is 0.321 e. The molecule has 27 heavy (non-hydrogen) atoms. The summed E-state index contributed by atoms with van der Waals surface area (Å²) in [6, 6.07) is 9.17. The van der Waals surface area contributed by atoms with Crippen LogP contribution in [0.3, 0.4) is 0 Å². The molecule has 144 valence electrons. The molecule has 0 spiro atoms. The maximum absolute atomic E-state index is 13.1. The predicted octanol–water partition coefficient (Wildman–Crippen LogP) is 2.25. The number of amides is 1. The number of halogens is 2. The molecule has 0 aliphatic rings.